The minimum Gasteiger partial charge on any atom is -0.326 e. The maximum absolute atomic E-state index is 6.30. The van der Waals surface area contributed by atoms with Crippen molar-refractivity contribution in [1.29, 1.82) is 0 Å². The number of benzene rings is 1. The Morgan fingerprint density at radius 2 is 2.11 bits per heavy atom. The van der Waals surface area contributed by atoms with E-state index in [1.165, 1.54) is 43.5 Å². The van der Waals surface area contributed by atoms with Crippen molar-refractivity contribution < 1.29 is 0 Å². The van der Waals surface area contributed by atoms with E-state index >= 15 is 0 Å². The van der Waals surface area contributed by atoms with Crippen LogP contribution in [0.3, 0.4) is 0 Å². The van der Waals surface area contributed by atoms with Crippen LogP contribution in [0.2, 0.25) is 0 Å². The zero-order valence-electron chi connectivity index (χ0n) is 12.6. The third-order valence-electron chi connectivity index (χ3n) is 4.41. The Morgan fingerprint density at radius 3 is 2.74 bits per heavy atom. The van der Waals surface area contributed by atoms with Crippen molar-refractivity contribution in [3.8, 4) is 0 Å². The first-order valence-electron chi connectivity index (χ1n) is 7.68. The minimum absolute atomic E-state index is 0.182. The average molecular weight is 260 g/mol. The molecule has 1 aromatic rings. The minimum atomic E-state index is 0.182. The van der Waals surface area contributed by atoms with Crippen LogP contribution in [-0.2, 0) is 0 Å². The molecule has 2 nitrogen and oxygen atoms in total. The van der Waals surface area contributed by atoms with Gasteiger partial charge in [-0.25, -0.2) is 0 Å². The van der Waals surface area contributed by atoms with E-state index < -0.39 is 0 Å². The quantitative estimate of drug-likeness (QED) is 0.878. The Labute approximate surface area is 118 Å². The summed E-state index contributed by atoms with van der Waals surface area (Å²) in [5.41, 5.74) is 9.07. The van der Waals surface area contributed by atoms with Crippen molar-refractivity contribution in [2.45, 2.75) is 52.1 Å². The molecule has 2 rings (SSSR count). The highest BCUT2D eigenvalue weighted by Crippen LogP contribution is 2.32. The van der Waals surface area contributed by atoms with Crippen LogP contribution in [0.25, 0.3) is 0 Å². The first-order chi connectivity index (χ1) is 9.13. The lowest BCUT2D eigenvalue weighted by Crippen LogP contribution is -2.38. The molecular weight excluding hydrogens is 232 g/mol. The third kappa shape index (κ3) is 3.37. The summed E-state index contributed by atoms with van der Waals surface area (Å²) in [4.78, 5) is 2.60. The first-order valence-corrected chi connectivity index (χ1v) is 7.68. The third-order valence-corrected chi connectivity index (χ3v) is 4.41. The Hall–Kier alpha value is -0.860. The molecule has 0 amide bonds. The second-order valence-corrected chi connectivity index (χ2v) is 6.10. The Kier molecular flexibility index (Phi) is 5.00. The van der Waals surface area contributed by atoms with Gasteiger partial charge in [0.05, 0.1) is 0 Å². The molecule has 3 unspecified atom stereocenters. The van der Waals surface area contributed by atoms with E-state index in [-0.39, 0.29) is 6.04 Å². The van der Waals surface area contributed by atoms with Gasteiger partial charge in [-0.1, -0.05) is 37.6 Å². The fraction of sp³-hybridized carbons (Fsp3) is 0.647. The predicted octanol–water partition coefficient (Wildman–Crippen LogP) is 3.51. The Morgan fingerprint density at radius 1 is 1.37 bits per heavy atom. The summed E-state index contributed by atoms with van der Waals surface area (Å²) < 4.78 is 0. The van der Waals surface area contributed by atoms with Gasteiger partial charge < -0.3 is 5.73 Å². The second-order valence-electron chi connectivity index (χ2n) is 6.10. The molecule has 2 N–H and O–H groups in total. The molecule has 0 radical (unpaired) electrons. The molecule has 2 heteroatoms. The fourth-order valence-electron chi connectivity index (χ4n) is 3.49. The zero-order valence-corrected chi connectivity index (χ0v) is 12.6. The van der Waals surface area contributed by atoms with Gasteiger partial charge in [-0.05, 0) is 50.3 Å². The normalized spacial score (nSPS) is 23.5. The lowest BCUT2D eigenvalue weighted by Gasteiger charge is -2.32. The summed E-state index contributed by atoms with van der Waals surface area (Å²) in [6, 6.07) is 9.25. The van der Waals surface area contributed by atoms with E-state index in [0.29, 0.717) is 6.04 Å². The van der Waals surface area contributed by atoms with Crippen LogP contribution in [-0.4, -0.2) is 24.0 Å². The standard InChI is InChI=1S/C17H28N2/c1-4-7-15-10-11-19(12-15)17(14(3)18)16-9-6-5-8-13(16)2/h5-6,8-9,14-15,17H,4,7,10-12,18H2,1-3H3. The van der Waals surface area contributed by atoms with E-state index in [1.54, 1.807) is 0 Å². The lowest BCUT2D eigenvalue weighted by molar-refractivity contribution is 0.209. The van der Waals surface area contributed by atoms with Crippen LogP contribution < -0.4 is 5.73 Å². The number of nitrogens with two attached hydrogens (primary N) is 1. The maximum Gasteiger partial charge on any atom is 0.0499 e. The van der Waals surface area contributed by atoms with Gasteiger partial charge in [0.15, 0.2) is 0 Å². The topological polar surface area (TPSA) is 29.3 Å². The summed E-state index contributed by atoms with van der Waals surface area (Å²) in [5.74, 6) is 0.871. The number of nitrogens with zero attached hydrogens (tertiary/aromatic N) is 1. The molecule has 1 aliphatic rings. The molecule has 0 bridgehead atoms. The van der Waals surface area contributed by atoms with Gasteiger partial charge in [0, 0.05) is 18.6 Å². The van der Waals surface area contributed by atoms with Gasteiger partial charge in [0.1, 0.15) is 0 Å². The smallest absolute Gasteiger partial charge is 0.0499 e. The maximum atomic E-state index is 6.30. The van der Waals surface area contributed by atoms with E-state index in [1.807, 2.05) is 0 Å². The van der Waals surface area contributed by atoms with Gasteiger partial charge >= 0.3 is 0 Å². The molecule has 0 saturated carbocycles. The van der Waals surface area contributed by atoms with Crippen LogP contribution in [0.1, 0.15) is 50.3 Å². The highest BCUT2D eigenvalue weighted by molar-refractivity contribution is 5.30. The molecule has 1 aromatic carbocycles. The highest BCUT2D eigenvalue weighted by Gasteiger charge is 2.31. The largest absolute Gasteiger partial charge is 0.326 e. The number of hydrogen-bond donors (Lipinski definition) is 1. The summed E-state index contributed by atoms with van der Waals surface area (Å²) in [7, 11) is 0. The van der Waals surface area contributed by atoms with Crippen molar-refractivity contribution >= 4 is 0 Å². The Balaban J connectivity index is 2.16. The van der Waals surface area contributed by atoms with Crippen LogP contribution in [0.5, 0.6) is 0 Å². The highest BCUT2D eigenvalue weighted by atomic mass is 15.2. The number of aryl methyl sites for hydroxylation is 1. The molecule has 106 valence electrons. The van der Waals surface area contributed by atoms with Crippen molar-refractivity contribution in [3.63, 3.8) is 0 Å². The average Bonchev–Trinajstić information content (AvgIpc) is 2.80. The molecule has 3 atom stereocenters. The van der Waals surface area contributed by atoms with Gasteiger partial charge in [-0.2, -0.15) is 0 Å². The summed E-state index contributed by atoms with van der Waals surface area (Å²) >= 11 is 0. The molecule has 1 heterocycles. The summed E-state index contributed by atoms with van der Waals surface area (Å²) in [5, 5.41) is 0. The van der Waals surface area contributed by atoms with Crippen LogP contribution in [0.4, 0.5) is 0 Å². The molecule has 0 aliphatic carbocycles. The van der Waals surface area contributed by atoms with Gasteiger partial charge in [-0.3, -0.25) is 4.90 Å². The van der Waals surface area contributed by atoms with Crippen molar-refractivity contribution in [2.75, 3.05) is 13.1 Å². The van der Waals surface area contributed by atoms with E-state index in [0.717, 1.165) is 5.92 Å². The zero-order chi connectivity index (χ0) is 13.8. The number of likely N-dealkylation sites (tertiary alicyclic amines) is 1. The molecular formula is C17H28N2. The van der Waals surface area contributed by atoms with Crippen molar-refractivity contribution in [2.24, 2.45) is 11.7 Å². The molecule has 1 aliphatic heterocycles. The van der Waals surface area contributed by atoms with E-state index in [4.69, 9.17) is 5.73 Å². The number of rotatable bonds is 5. The lowest BCUT2D eigenvalue weighted by atomic mass is 9.95. The molecule has 1 fully saturated rings. The first kappa shape index (κ1) is 14.5. The van der Waals surface area contributed by atoms with Crippen molar-refractivity contribution in [3.05, 3.63) is 35.4 Å². The van der Waals surface area contributed by atoms with Crippen molar-refractivity contribution in [1.82, 2.24) is 4.90 Å². The fourth-order valence-corrected chi connectivity index (χ4v) is 3.49. The van der Waals surface area contributed by atoms with Crippen LogP contribution in [0, 0.1) is 12.8 Å². The molecule has 1 saturated heterocycles. The van der Waals surface area contributed by atoms with Gasteiger partial charge in [-0.15, -0.1) is 0 Å². The predicted molar refractivity (Wildman–Crippen MR) is 82.2 cm³/mol. The summed E-state index contributed by atoms with van der Waals surface area (Å²) in [6.45, 7) is 9.04. The number of hydrogen-bond acceptors (Lipinski definition) is 2. The van der Waals surface area contributed by atoms with Crippen LogP contribution >= 0.6 is 0 Å². The molecule has 19 heavy (non-hydrogen) atoms. The van der Waals surface area contributed by atoms with Crippen LogP contribution in [0.15, 0.2) is 24.3 Å². The Bertz CT molecular complexity index is 400. The molecule has 0 spiro atoms. The van der Waals surface area contributed by atoms with E-state index in [9.17, 15) is 0 Å². The van der Waals surface area contributed by atoms with Gasteiger partial charge in [0.25, 0.3) is 0 Å². The SMILES string of the molecule is CCCC1CCN(C(c2ccccc2C)C(C)N)C1. The van der Waals surface area contributed by atoms with E-state index in [2.05, 4.69) is 49.9 Å². The monoisotopic (exact) mass is 260 g/mol. The second kappa shape index (κ2) is 6.53. The van der Waals surface area contributed by atoms with Gasteiger partial charge in [0.2, 0.25) is 0 Å². The molecule has 0 aromatic heterocycles. The summed E-state index contributed by atoms with van der Waals surface area (Å²) in [6.07, 6.45) is 3.99.